The number of carbonyl (C=O) groups is 1. The average Bonchev–Trinajstić information content (AvgIpc) is 2.17. The molecule has 0 unspecified atom stereocenters. The highest BCUT2D eigenvalue weighted by atomic mass is 32.2. The number of thioether (sulfide) groups is 1. The molecule has 0 rings (SSSR count). The highest BCUT2D eigenvalue weighted by Gasteiger charge is 2.00. The van der Waals surface area contributed by atoms with Gasteiger partial charge in [-0.25, -0.2) is 0 Å². The van der Waals surface area contributed by atoms with E-state index in [2.05, 4.69) is 6.92 Å². The summed E-state index contributed by atoms with van der Waals surface area (Å²) in [5.74, 6) is 2.45. The van der Waals surface area contributed by atoms with Crippen molar-refractivity contribution < 1.29 is 9.53 Å². The van der Waals surface area contributed by atoms with Gasteiger partial charge in [0.05, 0.1) is 6.61 Å². The predicted molar refractivity (Wildman–Crippen MR) is 62.7 cm³/mol. The summed E-state index contributed by atoms with van der Waals surface area (Å²) < 4.78 is 4.84. The first kappa shape index (κ1) is 13.8. The topological polar surface area (TPSA) is 26.3 Å². The fourth-order valence-electron chi connectivity index (χ4n) is 1.13. The summed E-state index contributed by atoms with van der Waals surface area (Å²) in [6, 6.07) is 0. The maximum absolute atomic E-state index is 11.0. The van der Waals surface area contributed by atoms with E-state index in [4.69, 9.17) is 4.74 Å². The molecule has 0 spiro atoms. The van der Waals surface area contributed by atoms with Crippen molar-refractivity contribution in [2.24, 2.45) is 0 Å². The molecule has 0 aromatic rings. The number of hydrogen-bond acceptors (Lipinski definition) is 3. The van der Waals surface area contributed by atoms with Gasteiger partial charge in [0.1, 0.15) is 0 Å². The first-order valence-corrected chi connectivity index (χ1v) is 6.70. The van der Waals surface area contributed by atoms with Crippen molar-refractivity contribution in [3.8, 4) is 0 Å². The Balaban J connectivity index is 3.01. The summed E-state index contributed by atoms with van der Waals surface area (Å²) in [6.45, 7) is 4.55. The Morgan fingerprint density at radius 3 is 2.57 bits per heavy atom. The molecule has 0 aromatic carbocycles. The van der Waals surface area contributed by atoms with Gasteiger partial charge in [-0.1, -0.05) is 13.3 Å². The molecule has 0 aromatic heterocycles. The van der Waals surface area contributed by atoms with E-state index in [-0.39, 0.29) is 5.97 Å². The molecule has 0 atom stereocenters. The smallest absolute Gasteiger partial charge is 0.305 e. The van der Waals surface area contributed by atoms with E-state index in [9.17, 15) is 4.79 Å². The van der Waals surface area contributed by atoms with Crippen LogP contribution in [0.2, 0.25) is 0 Å². The normalized spacial score (nSPS) is 10.1. The minimum atomic E-state index is -0.0475. The van der Waals surface area contributed by atoms with Gasteiger partial charge in [0.25, 0.3) is 0 Å². The predicted octanol–water partition coefficient (Wildman–Crippen LogP) is 3.25. The van der Waals surface area contributed by atoms with Crippen molar-refractivity contribution >= 4 is 17.7 Å². The van der Waals surface area contributed by atoms with Gasteiger partial charge in [0.2, 0.25) is 0 Å². The van der Waals surface area contributed by atoms with Crippen LogP contribution in [-0.2, 0) is 9.53 Å². The van der Waals surface area contributed by atoms with Crippen molar-refractivity contribution in [3.63, 3.8) is 0 Å². The van der Waals surface area contributed by atoms with Crippen LogP contribution >= 0.6 is 11.8 Å². The molecule has 14 heavy (non-hydrogen) atoms. The molecule has 0 fully saturated rings. The molecule has 2 nitrogen and oxygen atoms in total. The molecule has 0 saturated carbocycles. The zero-order chi connectivity index (χ0) is 10.6. The van der Waals surface area contributed by atoms with Crippen LogP contribution in [0.5, 0.6) is 0 Å². The number of esters is 1. The lowest BCUT2D eigenvalue weighted by Crippen LogP contribution is -2.03. The summed E-state index contributed by atoms with van der Waals surface area (Å²) >= 11 is 2.01. The van der Waals surface area contributed by atoms with Crippen LogP contribution in [0, 0.1) is 0 Å². The fourth-order valence-corrected chi connectivity index (χ4v) is 2.03. The van der Waals surface area contributed by atoms with Crippen LogP contribution in [0.1, 0.15) is 46.0 Å². The molecule has 0 heterocycles. The number of ether oxygens (including phenoxy) is 1. The van der Waals surface area contributed by atoms with E-state index in [0.717, 1.165) is 12.8 Å². The lowest BCUT2D eigenvalue weighted by atomic mass is 10.2. The van der Waals surface area contributed by atoms with E-state index in [1.807, 2.05) is 18.7 Å². The number of hydrogen-bond donors (Lipinski definition) is 0. The lowest BCUT2D eigenvalue weighted by molar-refractivity contribution is -0.143. The van der Waals surface area contributed by atoms with Gasteiger partial charge in [-0.15, -0.1) is 0 Å². The average molecular weight is 218 g/mol. The quantitative estimate of drug-likeness (QED) is 0.439. The second kappa shape index (κ2) is 10.9. The summed E-state index contributed by atoms with van der Waals surface area (Å²) in [6.07, 6.45) is 5.20. The van der Waals surface area contributed by atoms with Gasteiger partial charge in [-0.2, -0.15) is 11.8 Å². The highest BCUT2D eigenvalue weighted by Crippen LogP contribution is 2.08. The first-order chi connectivity index (χ1) is 6.81. The van der Waals surface area contributed by atoms with Gasteiger partial charge in [0, 0.05) is 6.42 Å². The molecule has 0 aliphatic heterocycles. The van der Waals surface area contributed by atoms with E-state index in [0.29, 0.717) is 13.0 Å². The van der Waals surface area contributed by atoms with E-state index in [1.54, 1.807) is 0 Å². The lowest BCUT2D eigenvalue weighted by Gasteiger charge is -2.01. The molecule has 0 saturated heterocycles. The molecule has 0 N–H and O–H groups in total. The zero-order valence-corrected chi connectivity index (χ0v) is 10.2. The second-order valence-corrected chi connectivity index (χ2v) is 4.45. The Hall–Kier alpha value is -0.180. The third-order valence-electron chi connectivity index (χ3n) is 1.82. The van der Waals surface area contributed by atoms with Gasteiger partial charge < -0.3 is 4.74 Å². The monoisotopic (exact) mass is 218 g/mol. The largest absolute Gasteiger partial charge is 0.466 e. The number of unbranched alkanes of at least 4 members (excludes halogenated alkanes) is 2. The van der Waals surface area contributed by atoms with Crippen molar-refractivity contribution in [1.29, 1.82) is 0 Å². The van der Waals surface area contributed by atoms with Crippen LogP contribution in [0.4, 0.5) is 0 Å². The number of carbonyl (C=O) groups excluding carboxylic acids is 1. The molecule has 84 valence electrons. The molecule has 0 bridgehead atoms. The molecular formula is C11H22O2S. The van der Waals surface area contributed by atoms with Gasteiger partial charge >= 0.3 is 5.97 Å². The molecule has 0 aliphatic carbocycles. The third kappa shape index (κ3) is 9.90. The van der Waals surface area contributed by atoms with Crippen LogP contribution < -0.4 is 0 Å². The van der Waals surface area contributed by atoms with E-state index >= 15 is 0 Å². The maximum Gasteiger partial charge on any atom is 0.305 e. The SMILES string of the molecule is CCCSCCCCCC(=O)OCC. The van der Waals surface area contributed by atoms with Crippen molar-refractivity contribution in [3.05, 3.63) is 0 Å². The summed E-state index contributed by atoms with van der Waals surface area (Å²) in [4.78, 5) is 11.0. The van der Waals surface area contributed by atoms with Gasteiger partial charge in [-0.3, -0.25) is 4.79 Å². The summed E-state index contributed by atoms with van der Waals surface area (Å²) in [5, 5.41) is 0. The van der Waals surface area contributed by atoms with Crippen LogP contribution in [0.3, 0.4) is 0 Å². The van der Waals surface area contributed by atoms with Crippen LogP contribution in [0.25, 0.3) is 0 Å². The third-order valence-corrected chi connectivity index (χ3v) is 3.10. The Morgan fingerprint density at radius 2 is 1.93 bits per heavy atom. The van der Waals surface area contributed by atoms with Crippen molar-refractivity contribution in [2.75, 3.05) is 18.1 Å². The summed E-state index contributed by atoms with van der Waals surface area (Å²) in [5.41, 5.74) is 0. The van der Waals surface area contributed by atoms with Crippen molar-refractivity contribution in [1.82, 2.24) is 0 Å². The van der Waals surface area contributed by atoms with E-state index in [1.165, 1.54) is 24.3 Å². The number of rotatable bonds is 9. The fraction of sp³-hybridized carbons (Fsp3) is 0.909. The van der Waals surface area contributed by atoms with E-state index < -0.39 is 0 Å². The standard InChI is InChI=1S/C11H22O2S/c1-3-9-14-10-7-5-6-8-11(12)13-4-2/h3-10H2,1-2H3. The first-order valence-electron chi connectivity index (χ1n) is 5.54. The summed E-state index contributed by atoms with van der Waals surface area (Å²) in [7, 11) is 0. The van der Waals surface area contributed by atoms with Gasteiger partial charge in [-0.05, 0) is 37.7 Å². The highest BCUT2D eigenvalue weighted by molar-refractivity contribution is 7.99. The van der Waals surface area contributed by atoms with Crippen molar-refractivity contribution in [2.45, 2.75) is 46.0 Å². The van der Waals surface area contributed by atoms with Crippen LogP contribution in [0.15, 0.2) is 0 Å². The molecule has 3 heteroatoms. The Morgan fingerprint density at radius 1 is 1.14 bits per heavy atom. The second-order valence-electron chi connectivity index (χ2n) is 3.23. The van der Waals surface area contributed by atoms with Gasteiger partial charge in [0.15, 0.2) is 0 Å². The Bertz CT molecular complexity index is 137. The minimum Gasteiger partial charge on any atom is -0.466 e. The Kier molecular flexibility index (Phi) is 10.8. The maximum atomic E-state index is 11.0. The van der Waals surface area contributed by atoms with Crippen LogP contribution in [-0.4, -0.2) is 24.1 Å². The Labute approximate surface area is 91.8 Å². The molecule has 0 amide bonds. The molecule has 0 radical (unpaired) electrons. The minimum absolute atomic E-state index is 0.0475. The molecule has 0 aliphatic rings. The molecular weight excluding hydrogens is 196 g/mol. The zero-order valence-electron chi connectivity index (χ0n) is 9.38.